The lowest BCUT2D eigenvalue weighted by Gasteiger charge is -2.14. The smallest absolute Gasteiger partial charge is 0.231 e. The van der Waals surface area contributed by atoms with E-state index >= 15 is 0 Å². The predicted molar refractivity (Wildman–Crippen MR) is 36.5 cm³/mol. The minimum Gasteiger partial charge on any atom is -0.376 e. The number of hydrogen-bond acceptors (Lipinski definition) is 6. The van der Waals surface area contributed by atoms with E-state index in [2.05, 4.69) is 15.0 Å². The van der Waals surface area contributed by atoms with Gasteiger partial charge in [-0.15, -0.1) is 0 Å². The molecular weight excluding hydrogens is 148 g/mol. The number of aliphatic hydroxyl groups excluding tert-OH is 2. The van der Waals surface area contributed by atoms with Crippen LogP contribution in [0, 0.1) is 0 Å². The third-order valence-corrected chi connectivity index (χ3v) is 1.10. The van der Waals surface area contributed by atoms with Crippen molar-refractivity contribution in [3.8, 4) is 0 Å². The number of anilines is 1. The zero-order valence-electron chi connectivity index (χ0n) is 5.75. The molecule has 6 nitrogen and oxygen atoms in total. The predicted octanol–water partition coefficient (Wildman–Crippen LogP) is -1.42. The van der Waals surface area contributed by atoms with E-state index in [1.807, 2.05) is 0 Å². The van der Waals surface area contributed by atoms with E-state index in [9.17, 15) is 0 Å². The van der Waals surface area contributed by atoms with Gasteiger partial charge in [0.25, 0.3) is 0 Å². The first kappa shape index (κ1) is 7.83. The number of nitrogens with zero attached hydrogens (tertiary/aromatic N) is 4. The van der Waals surface area contributed by atoms with Crippen molar-refractivity contribution in [3.63, 3.8) is 0 Å². The second-order valence-corrected chi connectivity index (χ2v) is 1.76. The topological polar surface area (TPSA) is 82.4 Å². The summed E-state index contributed by atoms with van der Waals surface area (Å²) in [5.41, 5.74) is 0. The molecular formula is C5H8N4O2. The van der Waals surface area contributed by atoms with Crippen LogP contribution in [-0.4, -0.2) is 38.6 Å². The van der Waals surface area contributed by atoms with Crippen LogP contribution in [0.1, 0.15) is 0 Å². The summed E-state index contributed by atoms with van der Waals surface area (Å²) in [7, 11) is 0. The number of rotatable bonds is 3. The minimum absolute atomic E-state index is 0.255. The van der Waals surface area contributed by atoms with Gasteiger partial charge in [-0.2, -0.15) is 0 Å². The molecule has 0 unspecified atom stereocenters. The van der Waals surface area contributed by atoms with Gasteiger partial charge in [0.1, 0.15) is 26.1 Å². The second kappa shape index (κ2) is 3.79. The van der Waals surface area contributed by atoms with Gasteiger partial charge in [0.2, 0.25) is 5.95 Å². The molecule has 0 saturated carbocycles. The SMILES string of the molecule is OCN(CO)c1ncncn1. The second-order valence-electron chi connectivity index (χ2n) is 1.76. The van der Waals surface area contributed by atoms with Crippen molar-refractivity contribution in [3.05, 3.63) is 12.7 Å². The molecule has 0 fully saturated rings. The normalized spacial score (nSPS) is 9.64. The summed E-state index contributed by atoms with van der Waals surface area (Å²) in [6.45, 7) is -0.638. The van der Waals surface area contributed by atoms with E-state index in [0.29, 0.717) is 0 Å². The Morgan fingerprint density at radius 1 is 1.18 bits per heavy atom. The summed E-state index contributed by atoms with van der Waals surface area (Å²) in [6.07, 6.45) is 2.58. The molecule has 11 heavy (non-hydrogen) atoms. The molecule has 1 rings (SSSR count). The lowest BCUT2D eigenvalue weighted by Crippen LogP contribution is -2.26. The highest BCUT2D eigenvalue weighted by molar-refractivity contribution is 5.24. The highest BCUT2D eigenvalue weighted by Gasteiger charge is 2.03. The lowest BCUT2D eigenvalue weighted by molar-refractivity contribution is 0.220. The van der Waals surface area contributed by atoms with Crippen molar-refractivity contribution in [2.45, 2.75) is 0 Å². The average Bonchev–Trinajstić information content (AvgIpc) is 2.09. The van der Waals surface area contributed by atoms with Crippen molar-refractivity contribution >= 4 is 5.95 Å². The fourth-order valence-corrected chi connectivity index (χ4v) is 0.568. The van der Waals surface area contributed by atoms with E-state index in [-0.39, 0.29) is 19.4 Å². The number of hydrogen-bond donors (Lipinski definition) is 2. The lowest BCUT2D eigenvalue weighted by atomic mass is 10.8. The van der Waals surface area contributed by atoms with Crippen LogP contribution >= 0.6 is 0 Å². The molecule has 0 spiro atoms. The molecule has 0 aliphatic carbocycles. The van der Waals surface area contributed by atoms with E-state index < -0.39 is 0 Å². The fourth-order valence-electron chi connectivity index (χ4n) is 0.568. The Balaban J connectivity index is 2.74. The van der Waals surface area contributed by atoms with Gasteiger partial charge in [-0.25, -0.2) is 15.0 Å². The maximum atomic E-state index is 8.64. The van der Waals surface area contributed by atoms with Crippen LogP contribution in [0.25, 0.3) is 0 Å². The molecule has 0 atom stereocenters. The molecule has 2 N–H and O–H groups in total. The van der Waals surface area contributed by atoms with Crippen molar-refractivity contribution in [2.75, 3.05) is 18.4 Å². The maximum Gasteiger partial charge on any atom is 0.231 e. The molecule has 0 aromatic carbocycles. The quantitative estimate of drug-likeness (QED) is 0.522. The number of aliphatic hydroxyl groups is 2. The van der Waals surface area contributed by atoms with Gasteiger partial charge < -0.3 is 10.2 Å². The summed E-state index contributed by atoms with van der Waals surface area (Å²) >= 11 is 0. The molecule has 0 aliphatic rings. The minimum atomic E-state index is -0.319. The molecule has 6 heteroatoms. The van der Waals surface area contributed by atoms with Crippen molar-refractivity contribution in [1.82, 2.24) is 15.0 Å². The van der Waals surface area contributed by atoms with Crippen LogP contribution in [0.5, 0.6) is 0 Å². The van der Waals surface area contributed by atoms with Crippen molar-refractivity contribution in [2.24, 2.45) is 0 Å². The Morgan fingerprint density at radius 3 is 2.18 bits per heavy atom. The third kappa shape index (κ3) is 1.82. The molecule has 0 saturated heterocycles. The van der Waals surface area contributed by atoms with Crippen LogP contribution in [-0.2, 0) is 0 Å². The van der Waals surface area contributed by atoms with Crippen LogP contribution in [0.4, 0.5) is 5.95 Å². The van der Waals surface area contributed by atoms with Gasteiger partial charge >= 0.3 is 0 Å². The first-order valence-corrected chi connectivity index (χ1v) is 2.97. The maximum absolute atomic E-state index is 8.64. The Kier molecular flexibility index (Phi) is 2.70. The van der Waals surface area contributed by atoms with E-state index in [1.54, 1.807) is 0 Å². The molecule has 0 bridgehead atoms. The van der Waals surface area contributed by atoms with Crippen molar-refractivity contribution in [1.29, 1.82) is 0 Å². The van der Waals surface area contributed by atoms with Gasteiger partial charge in [0.05, 0.1) is 0 Å². The van der Waals surface area contributed by atoms with Gasteiger partial charge in [0.15, 0.2) is 0 Å². The molecule has 0 radical (unpaired) electrons. The van der Waals surface area contributed by atoms with Gasteiger partial charge in [-0.1, -0.05) is 0 Å². The van der Waals surface area contributed by atoms with Crippen molar-refractivity contribution < 1.29 is 10.2 Å². The van der Waals surface area contributed by atoms with E-state index in [0.717, 1.165) is 0 Å². The largest absolute Gasteiger partial charge is 0.376 e. The third-order valence-electron chi connectivity index (χ3n) is 1.10. The Morgan fingerprint density at radius 2 is 1.73 bits per heavy atom. The van der Waals surface area contributed by atoms with Gasteiger partial charge in [0, 0.05) is 0 Å². The van der Waals surface area contributed by atoms with Gasteiger partial charge in [-0.05, 0) is 0 Å². The Labute approximate surface area is 63.2 Å². The summed E-state index contributed by atoms with van der Waals surface area (Å²) in [5, 5.41) is 17.3. The Hall–Kier alpha value is -1.27. The number of aromatic nitrogens is 3. The monoisotopic (exact) mass is 156 g/mol. The highest BCUT2D eigenvalue weighted by atomic mass is 16.3. The molecule has 1 heterocycles. The zero-order valence-corrected chi connectivity index (χ0v) is 5.75. The fraction of sp³-hybridized carbons (Fsp3) is 0.400. The summed E-state index contributed by atoms with van der Waals surface area (Å²) < 4.78 is 0. The summed E-state index contributed by atoms with van der Waals surface area (Å²) in [6, 6.07) is 0. The van der Waals surface area contributed by atoms with Gasteiger partial charge in [-0.3, -0.25) is 4.90 Å². The zero-order chi connectivity index (χ0) is 8.10. The summed E-state index contributed by atoms with van der Waals surface area (Å²) in [5.74, 6) is 0.255. The van der Waals surface area contributed by atoms with E-state index in [4.69, 9.17) is 10.2 Å². The first-order valence-electron chi connectivity index (χ1n) is 2.97. The molecule has 1 aromatic rings. The molecule has 0 amide bonds. The summed E-state index contributed by atoms with van der Waals surface area (Å²) in [4.78, 5) is 12.2. The molecule has 0 aliphatic heterocycles. The van der Waals surface area contributed by atoms with Crippen LogP contribution in [0.2, 0.25) is 0 Å². The first-order chi connectivity index (χ1) is 5.38. The van der Waals surface area contributed by atoms with Crippen LogP contribution < -0.4 is 4.90 Å². The van der Waals surface area contributed by atoms with Crippen LogP contribution in [0.3, 0.4) is 0 Å². The average molecular weight is 156 g/mol. The molecule has 60 valence electrons. The Bertz CT molecular complexity index is 201. The highest BCUT2D eigenvalue weighted by Crippen LogP contribution is 1.99. The van der Waals surface area contributed by atoms with Crippen LogP contribution in [0.15, 0.2) is 12.7 Å². The standard InChI is InChI=1S/C5H8N4O2/c10-3-9(4-11)5-7-1-6-2-8-5/h1-2,10-11H,3-4H2. The van der Waals surface area contributed by atoms with E-state index in [1.165, 1.54) is 17.6 Å². The molecule has 1 aromatic heterocycles.